The van der Waals surface area contributed by atoms with Crippen LogP contribution in [-0.2, 0) is 19.7 Å². The van der Waals surface area contributed by atoms with Crippen LogP contribution >= 0.6 is 34.8 Å². The first-order valence-corrected chi connectivity index (χ1v) is 8.33. The van der Waals surface area contributed by atoms with Crippen LogP contribution < -0.4 is 4.72 Å². The molecule has 120 valence electrons. The molecule has 21 heavy (non-hydrogen) atoms. The molecule has 1 rings (SSSR count). The zero-order chi connectivity index (χ0) is 16.3. The van der Waals surface area contributed by atoms with Gasteiger partial charge in [0.1, 0.15) is 0 Å². The van der Waals surface area contributed by atoms with Crippen molar-refractivity contribution in [3.05, 3.63) is 12.2 Å². The molecule has 11 heteroatoms. The van der Waals surface area contributed by atoms with E-state index in [1.54, 1.807) is 4.72 Å². The quantitative estimate of drug-likeness (QED) is 0.343. The molecule has 0 atom stereocenters. The number of hydrogen-bond donors (Lipinski definition) is 1. The Hall–Kier alpha value is -0.540. The monoisotopic (exact) mass is 377 g/mol. The highest BCUT2D eigenvalue weighted by Crippen LogP contribution is 2.30. The van der Waals surface area contributed by atoms with Gasteiger partial charge in [-0.05, 0) is 6.92 Å². The van der Waals surface area contributed by atoms with Crippen LogP contribution in [-0.4, -0.2) is 55.2 Å². The lowest BCUT2D eigenvalue weighted by molar-refractivity contribution is -0.115. The number of amides is 1. The number of alkyl halides is 3. The highest BCUT2D eigenvalue weighted by molar-refractivity contribution is 7.88. The lowest BCUT2D eigenvalue weighted by Gasteiger charge is -2.32. The fraction of sp³-hybridized carbons (Fsp3) is 0.600. The van der Waals surface area contributed by atoms with E-state index in [-0.39, 0.29) is 11.4 Å². The highest BCUT2D eigenvalue weighted by atomic mass is 35.6. The number of ether oxygens (including phenoxy) is 1. The molecule has 0 saturated carbocycles. The highest BCUT2D eigenvalue weighted by Gasteiger charge is 2.35. The minimum atomic E-state index is -4.37. The molecular weight excluding hydrogens is 365 g/mol. The van der Waals surface area contributed by atoms with Gasteiger partial charge in [0.2, 0.25) is 3.79 Å². The van der Waals surface area contributed by atoms with Crippen LogP contribution in [0.3, 0.4) is 0 Å². The van der Waals surface area contributed by atoms with Crippen molar-refractivity contribution in [3.63, 3.8) is 0 Å². The van der Waals surface area contributed by atoms with Crippen molar-refractivity contribution in [1.29, 1.82) is 0 Å². The molecule has 0 radical (unpaired) electrons. The molecule has 1 heterocycles. The van der Waals surface area contributed by atoms with E-state index in [1.807, 2.05) is 0 Å². The van der Waals surface area contributed by atoms with Crippen LogP contribution in [0.15, 0.2) is 16.5 Å². The molecular formula is C10H14Cl3N3O4S. The molecule has 0 aromatic heterocycles. The van der Waals surface area contributed by atoms with Crippen LogP contribution in [0.5, 0.6) is 0 Å². The summed E-state index contributed by atoms with van der Waals surface area (Å²) in [5, 5.41) is 0. The Morgan fingerprint density at radius 3 is 2.29 bits per heavy atom. The molecule has 0 bridgehead atoms. The van der Waals surface area contributed by atoms with E-state index in [9.17, 15) is 13.2 Å². The minimum absolute atomic E-state index is 0.00980. The summed E-state index contributed by atoms with van der Waals surface area (Å²) in [6.07, 6.45) is 0. The number of nitrogens with one attached hydrogen (secondary N) is 1. The van der Waals surface area contributed by atoms with Crippen LogP contribution in [0.1, 0.15) is 6.92 Å². The van der Waals surface area contributed by atoms with E-state index in [1.165, 1.54) is 11.8 Å². The predicted molar refractivity (Wildman–Crippen MR) is 82.0 cm³/mol. The Bertz CT molecular complexity index is 550. The molecule has 0 unspecified atom stereocenters. The van der Waals surface area contributed by atoms with Gasteiger partial charge in [0.15, 0.2) is 5.84 Å². The maximum Gasteiger partial charge on any atom is 0.346 e. The number of hydrogen-bond acceptors (Lipinski definition) is 4. The van der Waals surface area contributed by atoms with Gasteiger partial charge >= 0.3 is 10.2 Å². The van der Waals surface area contributed by atoms with Crippen molar-refractivity contribution >= 4 is 56.8 Å². The molecule has 1 saturated heterocycles. The summed E-state index contributed by atoms with van der Waals surface area (Å²) in [4.78, 5) is 12.8. The predicted octanol–water partition coefficient (Wildman–Crippen LogP) is 1.02. The van der Waals surface area contributed by atoms with E-state index in [0.29, 0.717) is 26.3 Å². The summed E-state index contributed by atoms with van der Waals surface area (Å²) in [5.41, 5.74) is 0.00980. The second-order valence-electron chi connectivity index (χ2n) is 4.20. The second kappa shape index (κ2) is 7.15. The van der Waals surface area contributed by atoms with E-state index < -0.39 is 19.9 Å². The van der Waals surface area contributed by atoms with Crippen molar-refractivity contribution in [2.75, 3.05) is 26.3 Å². The Morgan fingerprint density at radius 1 is 1.33 bits per heavy atom. The summed E-state index contributed by atoms with van der Waals surface area (Å²) in [6.45, 7) is 6.00. The van der Waals surface area contributed by atoms with E-state index in [0.717, 1.165) is 0 Å². The first-order chi connectivity index (χ1) is 9.53. The third kappa shape index (κ3) is 5.99. The summed E-state index contributed by atoms with van der Waals surface area (Å²) >= 11 is 17.3. The topological polar surface area (TPSA) is 88.1 Å². The molecule has 1 aliphatic heterocycles. The van der Waals surface area contributed by atoms with Crippen molar-refractivity contribution in [1.82, 2.24) is 9.62 Å². The van der Waals surface area contributed by atoms with Crippen molar-refractivity contribution in [3.8, 4) is 0 Å². The molecule has 1 aliphatic rings. The molecule has 0 aromatic rings. The van der Waals surface area contributed by atoms with Crippen LogP contribution in [0, 0.1) is 0 Å². The molecule has 1 N–H and O–H groups in total. The van der Waals surface area contributed by atoms with Crippen molar-refractivity contribution in [2.24, 2.45) is 4.40 Å². The standard InChI is InChI=1S/C10H14Cl3N3O4S/c1-7(2)8(17)14-21(18,19)15-9(10(11,12)13)16-3-5-20-6-4-16/h1,3-6H2,2H3,(H,14,17)/b15-9-. The zero-order valence-electron chi connectivity index (χ0n) is 11.1. The average molecular weight is 379 g/mol. The lowest BCUT2D eigenvalue weighted by atomic mass is 10.3. The number of amidine groups is 1. The summed E-state index contributed by atoms with van der Waals surface area (Å²) < 4.78 is 31.9. The van der Waals surface area contributed by atoms with E-state index >= 15 is 0 Å². The molecule has 1 amide bonds. The Balaban J connectivity index is 3.07. The third-order valence-corrected chi connectivity index (χ3v) is 3.74. The Morgan fingerprint density at radius 2 is 1.86 bits per heavy atom. The molecule has 7 nitrogen and oxygen atoms in total. The third-order valence-electron chi connectivity index (χ3n) is 2.38. The number of rotatable bonds is 3. The van der Waals surface area contributed by atoms with Gasteiger partial charge in [-0.15, -0.1) is 4.40 Å². The van der Waals surface area contributed by atoms with Gasteiger partial charge in [0.25, 0.3) is 5.91 Å². The number of carbonyl (C=O) groups is 1. The van der Waals surface area contributed by atoms with E-state index in [2.05, 4.69) is 11.0 Å². The summed E-state index contributed by atoms with van der Waals surface area (Å²) in [5.74, 6) is -1.18. The first kappa shape index (κ1) is 18.5. The molecule has 0 spiro atoms. The van der Waals surface area contributed by atoms with Gasteiger partial charge in [0, 0.05) is 18.7 Å². The first-order valence-electron chi connectivity index (χ1n) is 5.75. The molecule has 0 aromatic carbocycles. The van der Waals surface area contributed by atoms with Gasteiger partial charge in [0.05, 0.1) is 13.2 Å². The van der Waals surface area contributed by atoms with Gasteiger partial charge in [-0.1, -0.05) is 41.4 Å². The zero-order valence-corrected chi connectivity index (χ0v) is 14.2. The maximum atomic E-state index is 11.9. The van der Waals surface area contributed by atoms with Gasteiger partial charge in [-0.25, -0.2) is 4.72 Å². The largest absolute Gasteiger partial charge is 0.378 e. The SMILES string of the molecule is C=C(C)C(=O)NS(=O)(=O)/N=C(\N1CCOCC1)C(Cl)(Cl)Cl. The Labute approximate surface area is 138 Å². The van der Waals surface area contributed by atoms with Gasteiger partial charge in [-0.2, -0.15) is 8.42 Å². The van der Waals surface area contributed by atoms with E-state index in [4.69, 9.17) is 39.5 Å². The normalized spacial score (nSPS) is 17.5. The molecule has 1 fully saturated rings. The number of nitrogens with zero attached hydrogens (tertiary/aromatic N) is 2. The second-order valence-corrected chi connectivity index (χ2v) is 7.82. The van der Waals surface area contributed by atoms with Crippen LogP contribution in [0.25, 0.3) is 0 Å². The smallest absolute Gasteiger partial charge is 0.346 e. The minimum Gasteiger partial charge on any atom is -0.378 e. The fourth-order valence-electron chi connectivity index (χ4n) is 1.40. The van der Waals surface area contributed by atoms with Crippen LogP contribution in [0.2, 0.25) is 0 Å². The maximum absolute atomic E-state index is 11.9. The number of halogens is 3. The fourth-order valence-corrected chi connectivity index (χ4v) is 2.97. The van der Waals surface area contributed by atoms with Gasteiger partial charge < -0.3 is 9.64 Å². The number of morpholine rings is 1. The summed E-state index contributed by atoms with van der Waals surface area (Å²) in [7, 11) is -4.37. The summed E-state index contributed by atoms with van der Waals surface area (Å²) in [6, 6.07) is 0. The van der Waals surface area contributed by atoms with Gasteiger partial charge in [-0.3, -0.25) is 4.79 Å². The lowest BCUT2D eigenvalue weighted by Crippen LogP contribution is -2.47. The Kier molecular flexibility index (Phi) is 6.30. The van der Waals surface area contributed by atoms with Crippen LogP contribution in [0.4, 0.5) is 0 Å². The number of carbonyl (C=O) groups excluding carboxylic acids is 1. The van der Waals surface area contributed by atoms with Crippen molar-refractivity contribution in [2.45, 2.75) is 10.7 Å². The average Bonchev–Trinajstić information content (AvgIpc) is 2.35. The molecule has 0 aliphatic carbocycles. The van der Waals surface area contributed by atoms with Crippen molar-refractivity contribution < 1.29 is 17.9 Å².